The Morgan fingerprint density at radius 1 is 1.33 bits per heavy atom. The maximum atomic E-state index is 12.7. The second kappa shape index (κ2) is 9.73. The predicted molar refractivity (Wildman–Crippen MR) is 144 cm³/mol. The predicted octanol–water partition coefficient (Wildman–Crippen LogP) is 2.28. The molecule has 13 heteroatoms. The average Bonchev–Trinajstić information content (AvgIpc) is 3.42. The molecular weight excluding hydrogens is 524 g/mol. The Balaban J connectivity index is 1.58. The van der Waals surface area contributed by atoms with Gasteiger partial charge in [0.1, 0.15) is 17.5 Å². The summed E-state index contributed by atoms with van der Waals surface area (Å²) in [6.45, 7) is 3.74. The van der Waals surface area contributed by atoms with Gasteiger partial charge in [-0.2, -0.15) is 5.26 Å². The molecule has 39 heavy (non-hydrogen) atoms. The van der Waals surface area contributed by atoms with E-state index in [-0.39, 0.29) is 23.0 Å². The van der Waals surface area contributed by atoms with Crippen molar-refractivity contribution in [2.75, 3.05) is 24.1 Å². The highest BCUT2D eigenvalue weighted by molar-refractivity contribution is 7.92. The third-order valence-corrected chi connectivity index (χ3v) is 7.34. The molecule has 1 aliphatic heterocycles. The molecule has 0 spiro atoms. The molecule has 0 aliphatic carbocycles. The Labute approximate surface area is 223 Å². The zero-order chi connectivity index (χ0) is 28.1. The number of aromatic amines is 1. The number of hydrogen-bond donors (Lipinski definition) is 4. The van der Waals surface area contributed by atoms with Gasteiger partial charge >= 0.3 is 11.7 Å². The number of carboxylic acids is 1. The summed E-state index contributed by atoms with van der Waals surface area (Å²) in [6.07, 6.45) is 2.63. The van der Waals surface area contributed by atoms with Gasteiger partial charge in [-0.05, 0) is 30.2 Å². The maximum Gasteiger partial charge on any atom is 0.419 e. The maximum absolute atomic E-state index is 12.7. The van der Waals surface area contributed by atoms with Gasteiger partial charge in [0.25, 0.3) is 0 Å². The molecule has 4 aromatic rings. The number of likely N-dealkylation sites (tertiary alicyclic amines) is 1. The molecule has 1 fully saturated rings. The summed E-state index contributed by atoms with van der Waals surface area (Å²) in [5.41, 5.74) is 7.78. The third kappa shape index (κ3) is 5.05. The van der Waals surface area contributed by atoms with Crippen molar-refractivity contribution in [2.24, 2.45) is 5.73 Å². The molecule has 5 N–H and O–H groups in total. The molecule has 5 rings (SSSR count). The number of aromatic nitrogens is 2. The molecular formula is C26H26N6O6S. The molecule has 1 aliphatic rings. The van der Waals surface area contributed by atoms with Crippen LogP contribution in [-0.2, 0) is 16.6 Å². The summed E-state index contributed by atoms with van der Waals surface area (Å²) in [4.78, 5) is 30.0. The van der Waals surface area contributed by atoms with Crippen LogP contribution in [0.25, 0.3) is 22.0 Å². The summed E-state index contributed by atoms with van der Waals surface area (Å²) < 4.78 is 32.6. The minimum atomic E-state index is -3.63. The van der Waals surface area contributed by atoms with Gasteiger partial charge in [-0.1, -0.05) is 24.3 Å². The van der Waals surface area contributed by atoms with E-state index in [0.29, 0.717) is 39.9 Å². The molecule has 0 unspecified atom stereocenters. The minimum absolute atomic E-state index is 0.0359. The Hall–Kier alpha value is -4.38. The normalized spacial score (nSPS) is 15.1. The Bertz CT molecular complexity index is 1810. The molecule has 12 nitrogen and oxygen atoms in total. The van der Waals surface area contributed by atoms with Crippen molar-refractivity contribution in [2.45, 2.75) is 25.6 Å². The second-order valence-corrected chi connectivity index (χ2v) is 11.4. The van der Waals surface area contributed by atoms with E-state index in [0.717, 1.165) is 19.3 Å². The van der Waals surface area contributed by atoms with Crippen LogP contribution < -0.4 is 16.2 Å². The number of rotatable bonds is 8. The van der Waals surface area contributed by atoms with E-state index in [1.807, 2.05) is 13.0 Å². The number of anilines is 1. The van der Waals surface area contributed by atoms with Gasteiger partial charge in [-0.3, -0.25) is 14.2 Å². The first-order chi connectivity index (χ1) is 18.4. The first-order valence-corrected chi connectivity index (χ1v) is 13.9. The van der Waals surface area contributed by atoms with Crippen molar-refractivity contribution in [1.29, 1.82) is 5.26 Å². The van der Waals surface area contributed by atoms with Crippen LogP contribution in [-0.4, -0.2) is 59.3 Å². The number of carbonyl (C=O) groups is 1. The Morgan fingerprint density at radius 3 is 2.72 bits per heavy atom. The van der Waals surface area contributed by atoms with Gasteiger partial charge in [0.2, 0.25) is 10.0 Å². The molecule has 2 aromatic carbocycles. The SMILES string of the molecule is C[C@@H](c1cccc2c(-c3ccc(NS(C)(=O)=O)c(C#N)c3)c(C(=O)O)[nH]c12)n1cc(CN2CC(N)C2)oc1=O. The number of hydrogen-bond acceptors (Lipinski definition) is 8. The molecule has 1 saturated heterocycles. The standard InChI is InChI=1S/C26H26N6O6S/c1-14(32-13-18(38-26(32)35)12-31-10-17(28)11-31)19-4-3-5-20-22(24(25(33)34)29-23(19)20)15-6-7-21(16(8-15)9-27)30-39(2,36)37/h3-8,13-14,17,29-30H,10-12,28H2,1-2H3,(H,33,34)/t14-/m0/s1. The van der Waals surface area contributed by atoms with Crippen molar-refractivity contribution in [3.63, 3.8) is 0 Å². The third-order valence-electron chi connectivity index (χ3n) is 6.75. The van der Waals surface area contributed by atoms with E-state index in [1.165, 1.54) is 16.7 Å². The summed E-state index contributed by atoms with van der Waals surface area (Å²) in [7, 11) is -3.63. The quantitative estimate of drug-likeness (QED) is 0.255. The van der Waals surface area contributed by atoms with Crippen molar-refractivity contribution in [3.05, 3.63) is 75.7 Å². The summed E-state index contributed by atoms with van der Waals surface area (Å²) in [5, 5.41) is 20.2. The number of carboxylic acid groups (broad SMARTS) is 1. The smallest absolute Gasteiger partial charge is 0.419 e. The van der Waals surface area contributed by atoms with Crippen LogP contribution in [0.2, 0.25) is 0 Å². The van der Waals surface area contributed by atoms with Crippen molar-refractivity contribution in [1.82, 2.24) is 14.5 Å². The van der Waals surface area contributed by atoms with Gasteiger partial charge in [-0.25, -0.2) is 18.0 Å². The lowest BCUT2D eigenvalue weighted by Gasteiger charge is -2.35. The highest BCUT2D eigenvalue weighted by Gasteiger charge is 2.26. The van der Waals surface area contributed by atoms with E-state index >= 15 is 0 Å². The monoisotopic (exact) mass is 550 g/mol. The fraction of sp³-hybridized carbons (Fsp3) is 0.269. The molecule has 0 bridgehead atoms. The van der Waals surface area contributed by atoms with Crippen LogP contribution in [0.4, 0.5) is 5.69 Å². The minimum Gasteiger partial charge on any atom is -0.477 e. The Morgan fingerprint density at radius 2 is 2.08 bits per heavy atom. The van der Waals surface area contributed by atoms with Crippen LogP contribution >= 0.6 is 0 Å². The van der Waals surface area contributed by atoms with E-state index < -0.39 is 27.8 Å². The van der Waals surface area contributed by atoms with Gasteiger partial charge in [-0.15, -0.1) is 0 Å². The van der Waals surface area contributed by atoms with Crippen molar-refractivity contribution in [3.8, 4) is 17.2 Å². The van der Waals surface area contributed by atoms with E-state index in [4.69, 9.17) is 10.2 Å². The van der Waals surface area contributed by atoms with Gasteiger partial charge in [0.05, 0.1) is 41.8 Å². The van der Waals surface area contributed by atoms with Crippen molar-refractivity contribution >= 4 is 32.6 Å². The molecule has 202 valence electrons. The molecule has 3 heterocycles. The number of nitriles is 1. The van der Waals surface area contributed by atoms with Crippen LogP contribution in [0.1, 0.15) is 40.3 Å². The average molecular weight is 551 g/mol. The van der Waals surface area contributed by atoms with Crippen LogP contribution in [0.5, 0.6) is 0 Å². The fourth-order valence-electron chi connectivity index (χ4n) is 4.98. The highest BCUT2D eigenvalue weighted by atomic mass is 32.2. The number of nitrogens with zero attached hydrogens (tertiary/aromatic N) is 3. The van der Waals surface area contributed by atoms with Crippen LogP contribution in [0, 0.1) is 11.3 Å². The number of nitrogens with two attached hydrogens (primary N) is 1. The largest absolute Gasteiger partial charge is 0.477 e. The number of benzene rings is 2. The molecule has 0 radical (unpaired) electrons. The highest BCUT2D eigenvalue weighted by Crippen LogP contribution is 2.37. The second-order valence-electron chi connectivity index (χ2n) is 9.70. The van der Waals surface area contributed by atoms with Crippen molar-refractivity contribution < 1.29 is 22.7 Å². The summed E-state index contributed by atoms with van der Waals surface area (Å²) in [5.74, 6) is -1.24. The Kier molecular flexibility index (Phi) is 6.55. The van der Waals surface area contributed by atoms with Gasteiger partial charge in [0, 0.05) is 30.1 Å². The first kappa shape index (κ1) is 26.2. The van der Waals surface area contributed by atoms with E-state index in [2.05, 4.69) is 14.6 Å². The van der Waals surface area contributed by atoms with Crippen LogP contribution in [0.15, 0.2) is 51.8 Å². The lowest BCUT2D eigenvalue weighted by Crippen LogP contribution is -2.54. The molecule has 0 saturated carbocycles. The zero-order valence-electron chi connectivity index (χ0n) is 21.1. The number of nitrogens with one attached hydrogen (secondary N) is 2. The summed E-state index contributed by atoms with van der Waals surface area (Å²) in [6, 6.07) is 11.3. The fourth-order valence-corrected chi connectivity index (χ4v) is 5.56. The van der Waals surface area contributed by atoms with Crippen LogP contribution in [0.3, 0.4) is 0 Å². The zero-order valence-corrected chi connectivity index (χ0v) is 21.9. The van der Waals surface area contributed by atoms with Gasteiger partial charge < -0.3 is 20.2 Å². The number of H-pyrrole nitrogens is 1. The summed E-state index contributed by atoms with van der Waals surface area (Å²) >= 11 is 0. The number of sulfonamides is 1. The van der Waals surface area contributed by atoms with E-state index in [1.54, 1.807) is 30.5 Å². The first-order valence-electron chi connectivity index (χ1n) is 12.0. The van der Waals surface area contributed by atoms with Gasteiger partial charge in [0.15, 0.2) is 0 Å². The lowest BCUT2D eigenvalue weighted by atomic mass is 9.97. The topological polar surface area (TPSA) is 187 Å². The molecule has 1 atom stereocenters. The number of oxazole rings is 1. The molecule has 0 amide bonds. The van der Waals surface area contributed by atoms with E-state index in [9.17, 15) is 28.4 Å². The lowest BCUT2D eigenvalue weighted by molar-refractivity contribution is 0.0692. The number of para-hydroxylation sites is 1. The number of aromatic carboxylic acids is 1. The number of fused-ring (bicyclic) bond motifs is 1. The molecule has 2 aromatic heterocycles.